The molecule has 4 aromatic rings. The first-order chi connectivity index (χ1) is 20.8. The summed E-state index contributed by atoms with van der Waals surface area (Å²) in [6, 6.07) is 33.2. The Morgan fingerprint density at radius 1 is 0.791 bits per heavy atom. The van der Waals surface area contributed by atoms with E-state index in [1.165, 1.54) is 0 Å². The van der Waals surface area contributed by atoms with E-state index in [-0.39, 0.29) is 31.2 Å². The van der Waals surface area contributed by atoms with E-state index in [1.807, 2.05) is 97.9 Å². The lowest BCUT2D eigenvalue weighted by Crippen LogP contribution is -2.51. The molecule has 222 valence electrons. The highest BCUT2D eigenvalue weighted by Crippen LogP contribution is 2.33. The van der Waals surface area contributed by atoms with Gasteiger partial charge in [0.15, 0.2) is 0 Å². The van der Waals surface area contributed by atoms with Gasteiger partial charge in [0, 0.05) is 6.54 Å². The zero-order chi connectivity index (χ0) is 30.6. The predicted molar refractivity (Wildman–Crippen MR) is 165 cm³/mol. The van der Waals surface area contributed by atoms with Crippen LogP contribution in [0.3, 0.4) is 0 Å². The zero-order valence-corrected chi connectivity index (χ0v) is 24.1. The Hall–Kier alpha value is -5.11. The molecule has 0 bridgehead atoms. The molecular formula is C35H37N3O5. The van der Waals surface area contributed by atoms with Gasteiger partial charge in [0.2, 0.25) is 11.8 Å². The molecule has 0 heterocycles. The van der Waals surface area contributed by atoms with Crippen molar-refractivity contribution in [1.29, 1.82) is 0 Å². The average Bonchev–Trinajstić information content (AvgIpc) is 3.03. The fourth-order valence-corrected chi connectivity index (χ4v) is 5.12. The van der Waals surface area contributed by atoms with Crippen molar-refractivity contribution in [2.45, 2.75) is 44.4 Å². The van der Waals surface area contributed by atoms with Gasteiger partial charge in [0.25, 0.3) is 0 Å². The van der Waals surface area contributed by atoms with Crippen molar-refractivity contribution >= 4 is 17.9 Å². The van der Waals surface area contributed by atoms with Crippen LogP contribution in [0.4, 0.5) is 4.79 Å². The van der Waals surface area contributed by atoms with E-state index in [4.69, 9.17) is 10.5 Å². The number of phenolic OH excluding ortho intramolecular Hbond substituents is 1. The number of phenols is 1. The van der Waals surface area contributed by atoms with E-state index in [0.29, 0.717) is 6.42 Å². The standard InChI is InChI=1S/C35H37N3O5/c1-25(27-19-21-30(39)22-20-27)38(34(41)32(28-14-7-3-8-15-28)29-16-9-4-10-17-29)31(33(36)40)18-11-23-37-35(42)43-24-26-12-5-2-6-13-26/h2-10,12-17,19-22,25,31-32,39H,11,18,23-24H2,1H3,(H2,36,40)(H,37,42)/t25-,31-/m1/s1. The van der Waals surface area contributed by atoms with Crippen molar-refractivity contribution in [3.05, 3.63) is 138 Å². The van der Waals surface area contributed by atoms with Gasteiger partial charge in [-0.15, -0.1) is 0 Å². The van der Waals surface area contributed by atoms with Crippen LogP contribution in [0.25, 0.3) is 0 Å². The Kier molecular flexibility index (Phi) is 10.9. The number of hydrogen-bond donors (Lipinski definition) is 3. The molecular weight excluding hydrogens is 542 g/mol. The molecule has 0 fully saturated rings. The number of carbonyl (C=O) groups is 3. The number of aromatic hydroxyl groups is 1. The highest BCUT2D eigenvalue weighted by Gasteiger charge is 2.37. The van der Waals surface area contributed by atoms with Crippen LogP contribution in [0.2, 0.25) is 0 Å². The number of amides is 3. The van der Waals surface area contributed by atoms with E-state index in [9.17, 15) is 19.5 Å². The second-order valence-electron chi connectivity index (χ2n) is 10.3. The van der Waals surface area contributed by atoms with Crippen LogP contribution >= 0.6 is 0 Å². The van der Waals surface area contributed by atoms with Gasteiger partial charge in [-0.1, -0.05) is 103 Å². The molecule has 0 spiro atoms. The maximum absolute atomic E-state index is 14.6. The van der Waals surface area contributed by atoms with Gasteiger partial charge in [-0.05, 0) is 54.2 Å². The number of nitrogens with zero attached hydrogens (tertiary/aromatic N) is 1. The number of ether oxygens (including phenoxy) is 1. The Balaban J connectivity index is 1.56. The number of primary amides is 1. The lowest BCUT2D eigenvalue weighted by molar-refractivity contribution is -0.142. The van der Waals surface area contributed by atoms with Crippen molar-refractivity contribution in [3.8, 4) is 5.75 Å². The molecule has 0 saturated carbocycles. The summed E-state index contributed by atoms with van der Waals surface area (Å²) in [5.41, 5.74) is 9.14. The van der Waals surface area contributed by atoms with Crippen molar-refractivity contribution in [2.75, 3.05) is 6.54 Å². The van der Waals surface area contributed by atoms with Crippen molar-refractivity contribution in [2.24, 2.45) is 5.73 Å². The molecule has 4 rings (SSSR count). The van der Waals surface area contributed by atoms with Crippen LogP contribution in [0.15, 0.2) is 115 Å². The molecule has 0 aromatic heterocycles. The molecule has 3 amide bonds. The zero-order valence-electron chi connectivity index (χ0n) is 24.1. The lowest BCUT2D eigenvalue weighted by atomic mass is 9.88. The number of carbonyl (C=O) groups excluding carboxylic acids is 3. The molecule has 0 aliphatic heterocycles. The second-order valence-corrected chi connectivity index (χ2v) is 10.3. The molecule has 43 heavy (non-hydrogen) atoms. The van der Waals surface area contributed by atoms with E-state index < -0.39 is 30.0 Å². The smallest absolute Gasteiger partial charge is 0.407 e. The average molecular weight is 580 g/mol. The summed E-state index contributed by atoms with van der Waals surface area (Å²) in [7, 11) is 0. The van der Waals surface area contributed by atoms with Gasteiger partial charge in [-0.3, -0.25) is 9.59 Å². The lowest BCUT2D eigenvalue weighted by Gasteiger charge is -2.38. The molecule has 4 N–H and O–H groups in total. The highest BCUT2D eigenvalue weighted by molar-refractivity contribution is 5.92. The number of nitrogens with two attached hydrogens (primary N) is 1. The summed E-state index contributed by atoms with van der Waals surface area (Å²) < 4.78 is 5.28. The van der Waals surface area contributed by atoms with Gasteiger partial charge in [0.05, 0.1) is 12.0 Å². The summed E-state index contributed by atoms with van der Waals surface area (Å²) in [5, 5.41) is 12.6. The molecule has 4 aromatic carbocycles. The third-order valence-corrected chi connectivity index (χ3v) is 7.36. The van der Waals surface area contributed by atoms with Crippen molar-refractivity contribution in [3.63, 3.8) is 0 Å². The minimum absolute atomic E-state index is 0.0944. The first kappa shape index (κ1) is 30.8. The number of nitrogens with one attached hydrogen (secondary N) is 1. The van der Waals surface area contributed by atoms with Gasteiger partial charge < -0.3 is 25.8 Å². The molecule has 2 atom stereocenters. The number of benzene rings is 4. The summed E-state index contributed by atoms with van der Waals surface area (Å²) in [6.07, 6.45) is 0.0262. The molecule has 0 aliphatic carbocycles. The fraction of sp³-hybridized carbons (Fsp3) is 0.229. The maximum atomic E-state index is 14.6. The third kappa shape index (κ3) is 8.45. The largest absolute Gasteiger partial charge is 0.508 e. The fourth-order valence-electron chi connectivity index (χ4n) is 5.12. The summed E-state index contributed by atoms with van der Waals surface area (Å²) in [6.45, 7) is 2.21. The molecule has 8 nitrogen and oxygen atoms in total. The van der Waals surface area contributed by atoms with E-state index >= 15 is 0 Å². The van der Waals surface area contributed by atoms with Crippen LogP contribution in [-0.4, -0.2) is 40.5 Å². The highest BCUT2D eigenvalue weighted by atomic mass is 16.5. The van der Waals surface area contributed by atoms with Crippen LogP contribution < -0.4 is 11.1 Å². The number of hydrogen-bond acceptors (Lipinski definition) is 5. The van der Waals surface area contributed by atoms with Crippen molar-refractivity contribution < 1.29 is 24.2 Å². The first-order valence-electron chi connectivity index (χ1n) is 14.3. The van der Waals surface area contributed by atoms with Crippen molar-refractivity contribution in [1.82, 2.24) is 10.2 Å². The number of alkyl carbamates (subject to hydrolysis) is 1. The Bertz CT molecular complexity index is 1420. The quantitative estimate of drug-likeness (QED) is 0.176. The van der Waals surface area contributed by atoms with E-state index in [0.717, 1.165) is 22.3 Å². The van der Waals surface area contributed by atoms with Gasteiger partial charge in [-0.25, -0.2) is 4.79 Å². The summed E-state index contributed by atoms with van der Waals surface area (Å²) in [4.78, 5) is 41.4. The number of rotatable bonds is 13. The monoisotopic (exact) mass is 579 g/mol. The topological polar surface area (TPSA) is 122 Å². The molecule has 0 unspecified atom stereocenters. The van der Waals surface area contributed by atoms with E-state index in [1.54, 1.807) is 29.2 Å². The van der Waals surface area contributed by atoms with Crippen LogP contribution in [0.1, 0.15) is 54.0 Å². The van der Waals surface area contributed by atoms with Crippen LogP contribution in [-0.2, 0) is 20.9 Å². The minimum atomic E-state index is -0.964. The van der Waals surface area contributed by atoms with E-state index in [2.05, 4.69) is 5.32 Å². The van der Waals surface area contributed by atoms with Gasteiger partial charge >= 0.3 is 6.09 Å². The predicted octanol–water partition coefficient (Wildman–Crippen LogP) is 5.67. The molecule has 8 heteroatoms. The normalized spacial score (nSPS) is 12.2. The maximum Gasteiger partial charge on any atom is 0.407 e. The SMILES string of the molecule is C[C@H](c1ccc(O)cc1)N(C(=O)C(c1ccccc1)c1ccccc1)[C@H](CCCNC(=O)OCc1ccccc1)C(N)=O. The minimum Gasteiger partial charge on any atom is -0.508 e. The summed E-state index contributed by atoms with van der Waals surface area (Å²) in [5.74, 6) is -1.52. The third-order valence-electron chi connectivity index (χ3n) is 7.36. The Morgan fingerprint density at radius 3 is 1.86 bits per heavy atom. The van der Waals surface area contributed by atoms with Gasteiger partial charge in [0.1, 0.15) is 18.4 Å². The Labute approximate surface area is 252 Å². The second kappa shape index (κ2) is 15.2. The van der Waals surface area contributed by atoms with Crippen LogP contribution in [0, 0.1) is 0 Å². The van der Waals surface area contributed by atoms with Crippen LogP contribution in [0.5, 0.6) is 5.75 Å². The molecule has 0 saturated heterocycles. The molecule has 0 aliphatic rings. The Morgan fingerprint density at radius 2 is 1.33 bits per heavy atom. The summed E-state index contributed by atoms with van der Waals surface area (Å²) >= 11 is 0. The van der Waals surface area contributed by atoms with Gasteiger partial charge in [-0.2, -0.15) is 0 Å². The first-order valence-corrected chi connectivity index (χ1v) is 14.3. The molecule has 0 radical (unpaired) electrons.